The summed E-state index contributed by atoms with van der Waals surface area (Å²) in [6, 6.07) is 7.04. The van der Waals surface area contributed by atoms with Crippen molar-refractivity contribution in [1.29, 1.82) is 0 Å². The van der Waals surface area contributed by atoms with Gasteiger partial charge in [-0.1, -0.05) is 19.4 Å². The second-order valence-electron chi connectivity index (χ2n) is 4.97. The van der Waals surface area contributed by atoms with Gasteiger partial charge in [0.2, 0.25) is 0 Å². The lowest BCUT2D eigenvalue weighted by molar-refractivity contribution is 0.555. The minimum atomic E-state index is 0.617. The van der Waals surface area contributed by atoms with Crippen LogP contribution in [0.25, 0.3) is 11.1 Å². The van der Waals surface area contributed by atoms with Crippen LogP contribution in [-0.2, 0) is 0 Å². The smallest absolute Gasteiger partial charge is 0.298 e. The number of fused-ring (bicyclic) bond motifs is 1. The highest BCUT2D eigenvalue weighted by Crippen LogP contribution is 2.34. The van der Waals surface area contributed by atoms with Gasteiger partial charge in [-0.25, -0.2) is 0 Å². The molecule has 0 spiro atoms. The molecule has 1 fully saturated rings. The topological polar surface area (TPSA) is 55.3 Å². The lowest BCUT2D eigenvalue weighted by atomic mass is 10.3. The minimum absolute atomic E-state index is 0.617. The van der Waals surface area contributed by atoms with Crippen molar-refractivity contribution in [3.63, 3.8) is 0 Å². The summed E-state index contributed by atoms with van der Waals surface area (Å²) >= 11 is 0. The number of oxazole rings is 1. The van der Waals surface area contributed by atoms with Crippen LogP contribution in [0.3, 0.4) is 0 Å². The molecule has 0 unspecified atom stereocenters. The van der Waals surface area contributed by atoms with E-state index in [1.54, 1.807) is 0 Å². The average molecular weight is 245 g/mol. The summed E-state index contributed by atoms with van der Waals surface area (Å²) in [6.45, 7) is 3.23. The van der Waals surface area contributed by atoms with E-state index in [0.29, 0.717) is 11.7 Å². The molecule has 96 valence electrons. The molecule has 0 bridgehead atoms. The number of hydrogen-bond acceptors (Lipinski definition) is 4. The van der Waals surface area contributed by atoms with Gasteiger partial charge in [0.25, 0.3) is 6.01 Å². The van der Waals surface area contributed by atoms with E-state index in [4.69, 9.17) is 10.2 Å². The second-order valence-corrected chi connectivity index (χ2v) is 4.97. The van der Waals surface area contributed by atoms with Crippen LogP contribution in [-0.4, -0.2) is 17.6 Å². The lowest BCUT2D eigenvalue weighted by Crippen LogP contribution is -2.26. The fourth-order valence-electron chi connectivity index (χ4n) is 2.23. The molecule has 1 aliphatic rings. The summed E-state index contributed by atoms with van der Waals surface area (Å²) in [6.07, 6.45) is 4.85. The van der Waals surface area contributed by atoms with Gasteiger partial charge in [-0.2, -0.15) is 4.98 Å². The Bertz CT molecular complexity index is 545. The van der Waals surface area contributed by atoms with E-state index in [2.05, 4.69) is 16.8 Å². The molecular formula is C14H19N3O. The quantitative estimate of drug-likeness (QED) is 0.822. The van der Waals surface area contributed by atoms with Crippen LogP contribution < -0.4 is 10.6 Å². The molecule has 2 aromatic rings. The fraction of sp³-hybridized carbons (Fsp3) is 0.500. The molecule has 4 heteroatoms. The zero-order valence-electron chi connectivity index (χ0n) is 10.7. The first-order chi connectivity index (χ1) is 8.79. The van der Waals surface area contributed by atoms with Crippen LogP contribution in [0.2, 0.25) is 0 Å². The summed E-state index contributed by atoms with van der Waals surface area (Å²) < 4.78 is 5.84. The third-order valence-electron chi connectivity index (χ3n) is 3.42. The van der Waals surface area contributed by atoms with E-state index >= 15 is 0 Å². The highest BCUT2D eigenvalue weighted by Gasteiger charge is 2.31. The van der Waals surface area contributed by atoms with E-state index in [1.807, 2.05) is 18.2 Å². The molecular weight excluding hydrogens is 226 g/mol. The summed E-state index contributed by atoms with van der Waals surface area (Å²) in [5.41, 5.74) is 8.18. The van der Waals surface area contributed by atoms with Gasteiger partial charge in [-0.3, -0.25) is 0 Å². The number of anilines is 2. The van der Waals surface area contributed by atoms with E-state index in [1.165, 1.54) is 25.7 Å². The van der Waals surface area contributed by atoms with E-state index in [0.717, 1.165) is 23.7 Å². The number of para-hydroxylation sites is 1. The molecule has 0 radical (unpaired) electrons. The van der Waals surface area contributed by atoms with Gasteiger partial charge in [0.05, 0.1) is 5.69 Å². The Kier molecular flexibility index (Phi) is 2.86. The van der Waals surface area contributed by atoms with Gasteiger partial charge >= 0.3 is 0 Å². The molecule has 0 saturated heterocycles. The molecule has 1 aromatic carbocycles. The van der Waals surface area contributed by atoms with Crippen LogP contribution in [0.4, 0.5) is 11.7 Å². The largest absolute Gasteiger partial charge is 0.423 e. The van der Waals surface area contributed by atoms with Gasteiger partial charge < -0.3 is 15.1 Å². The number of benzene rings is 1. The maximum Gasteiger partial charge on any atom is 0.298 e. The fourth-order valence-corrected chi connectivity index (χ4v) is 2.23. The van der Waals surface area contributed by atoms with Crippen LogP contribution >= 0.6 is 0 Å². The molecule has 2 N–H and O–H groups in total. The van der Waals surface area contributed by atoms with Crippen LogP contribution in [0, 0.1) is 0 Å². The number of nitrogens with two attached hydrogens (primary N) is 1. The van der Waals surface area contributed by atoms with E-state index in [-0.39, 0.29) is 0 Å². The maximum absolute atomic E-state index is 5.92. The first-order valence-corrected chi connectivity index (χ1v) is 6.71. The highest BCUT2D eigenvalue weighted by molar-refractivity contribution is 5.86. The Morgan fingerprint density at radius 2 is 2.28 bits per heavy atom. The molecule has 0 amide bonds. The first kappa shape index (κ1) is 11.4. The predicted octanol–water partition coefficient (Wildman–Crippen LogP) is 3.18. The molecule has 4 nitrogen and oxygen atoms in total. The Morgan fingerprint density at radius 1 is 1.44 bits per heavy atom. The Hall–Kier alpha value is -1.71. The molecule has 1 heterocycles. The predicted molar refractivity (Wildman–Crippen MR) is 73.7 cm³/mol. The van der Waals surface area contributed by atoms with Crippen LogP contribution in [0.15, 0.2) is 22.6 Å². The zero-order chi connectivity index (χ0) is 12.5. The third-order valence-corrected chi connectivity index (χ3v) is 3.42. The average Bonchev–Trinajstić information content (AvgIpc) is 3.09. The van der Waals surface area contributed by atoms with Crippen molar-refractivity contribution in [3.8, 4) is 0 Å². The molecule has 1 aliphatic carbocycles. The monoisotopic (exact) mass is 245 g/mol. The van der Waals surface area contributed by atoms with E-state index in [9.17, 15) is 0 Å². The SMILES string of the molecule is CCCCN(c1nc2c(N)cccc2o1)C1CC1. The van der Waals surface area contributed by atoms with Crippen LogP contribution in [0.5, 0.6) is 0 Å². The van der Waals surface area contributed by atoms with Crippen molar-refractivity contribution < 1.29 is 4.42 Å². The second kappa shape index (κ2) is 4.52. The Labute approximate surface area is 107 Å². The molecule has 0 atom stereocenters. The minimum Gasteiger partial charge on any atom is -0.423 e. The lowest BCUT2D eigenvalue weighted by Gasteiger charge is -2.19. The molecule has 1 aromatic heterocycles. The Morgan fingerprint density at radius 3 is 2.94 bits per heavy atom. The van der Waals surface area contributed by atoms with Gasteiger partial charge in [0.1, 0.15) is 5.52 Å². The third kappa shape index (κ3) is 2.03. The Balaban J connectivity index is 1.93. The first-order valence-electron chi connectivity index (χ1n) is 6.71. The summed E-state index contributed by atoms with van der Waals surface area (Å²) in [4.78, 5) is 6.86. The zero-order valence-corrected chi connectivity index (χ0v) is 10.7. The van der Waals surface area contributed by atoms with Crippen molar-refractivity contribution in [1.82, 2.24) is 4.98 Å². The van der Waals surface area contributed by atoms with Crippen molar-refractivity contribution in [2.45, 2.75) is 38.6 Å². The highest BCUT2D eigenvalue weighted by atomic mass is 16.4. The summed E-state index contributed by atoms with van der Waals surface area (Å²) in [7, 11) is 0. The number of rotatable bonds is 5. The number of nitrogen functional groups attached to an aromatic ring is 1. The molecule has 1 saturated carbocycles. The maximum atomic E-state index is 5.92. The number of unbranched alkanes of at least 4 members (excludes halogenated alkanes) is 1. The number of hydrogen-bond donors (Lipinski definition) is 1. The van der Waals surface area contributed by atoms with Crippen LogP contribution in [0.1, 0.15) is 32.6 Å². The van der Waals surface area contributed by atoms with Gasteiger partial charge in [-0.15, -0.1) is 0 Å². The number of aromatic nitrogens is 1. The van der Waals surface area contributed by atoms with E-state index < -0.39 is 0 Å². The summed E-state index contributed by atoms with van der Waals surface area (Å²) in [5, 5.41) is 0. The van der Waals surface area contributed by atoms with Crippen molar-refractivity contribution in [2.75, 3.05) is 17.2 Å². The van der Waals surface area contributed by atoms with Gasteiger partial charge in [-0.05, 0) is 31.4 Å². The molecule has 3 rings (SSSR count). The van der Waals surface area contributed by atoms with Gasteiger partial charge in [0.15, 0.2) is 5.58 Å². The number of nitrogens with zero attached hydrogens (tertiary/aromatic N) is 2. The van der Waals surface area contributed by atoms with Gasteiger partial charge in [0, 0.05) is 12.6 Å². The molecule has 0 aliphatic heterocycles. The van der Waals surface area contributed by atoms with Crippen molar-refractivity contribution in [2.24, 2.45) is 0 Å². The molecule has 18 heavy (non-hydrogen) atoms. The van der Waals surface area contributed by atoms with Crippen molar-refractivity contribution in [3.05, 3.63) is 18.2 Å². The summed E-state index contributed by atoms with van der Waals surface area (Å²) in [5.74, 6) is 0. The standard InChI is InChI=1S/C14H19N3O/c1-2-3-9-17(10-7-8-10)14-16-13-11(15)5-4-6-12(13)18-14/h4-6,10H,2-3,7-9,15H2,1H3. The normalized spacial score (nSPS) is 15.2. The van der Waals surface area contributed by atoms with Crippen molar-refractivity contribution >= 4 is 22.8 Å².